The van der Waals surface area contributed by atoms with Crippen LogP contribution in [0.3, 0.4) is 0 Å². The molecule has 1 aromatic heterocycles. The van der Waals surface area contributed by atoms with Crippen LogP contribution in [0.15, 0.2) is 54.6 Å². The Morgan fingerprint density at radius 3 is 2.71 bits per heavy atom. The Balaban J connectivity index is 1.94. The minimum atomic E-state index is -0.432. The van der Waals surface area contributed by atoms with E-state index < -0.39 is 11.7 Å². The van der Waals surface area contributed by atoms with Crippen LogP contribution in [-0.2, 0) is 0 Å². The number of carbonyl (C=O) groups excluding carboxylic acids is 1. The first-order chi connectivity index (χ1) is 10.1. The van der Waals surface area contributed by atoms with Gasteiger partial charge in [-0.1, -0.05) is 24.3 Å². The zero-order chi connectivity index (χ0) is 14.8. The van der Waals surface area contributed by atoms with Crippen molar-refractivity contribution in [3.63, 3.8) is 0 Å². The summed E-state index contributed by atoms with van der Waals surface area (Å²) < 4.78 is 13.1. The summed E-state index contributed by atoms with van der Waals surface area (Å²) in [5.74, 6) is -0.850. The van der Waals surface area contributed by atoms with Crippen molar-refractivity contribution >= 4 is 28.2 Å². The molecule has 3 rings (SSSR count). The molecule has 1 heterocycles. The number of carbonyl (C=O) groups is 1. The van der Waals surface area contributed by atoms with Gasteiger partial charge in [0.2, 0.25) is 0 Å². The number of rotatable bonds is 2. The van der Waals surface area contributed by atoms with Gasteiger partial charge in [-0.25, -0.2) is 9.37 Å². The van der Waals surface area contributed by atoms with E-state index in [2.05, 4.69) is 10.3 Å². The molecule has 3 aromatic rings. The Hall–Kier alpha value is -2.95. The summed E-state index contributed by atoms with van der Waals surface area (Å²) in [5.41, 5.74) is 7.61. The van der Waals surface area contributed by atoms with Gasteiger partial charge in [-0.3, -0.25) is 4.79 Å². The topological polar surface area (TPSA) is 68.0 Å². The predicted molar refractivity (Wildman–Crippen MR) is 80.5 cm³/mol. The van der Waals surface area contributed by atoms with E-state index in [0.717, 1.165) is 5.39 Å². The maximum absolute atomic E-state index is 13.1. The Kier molecular flexibility index (Phi) is 3.23. The fraction of sp³-hybridized carbons (Fsp3) is 0. The summed E-state index contributed by atoms with van der Waals surface area (Å²) in [6.07, 6.45) is 0. The van der Waals surface area contributed by atoms with Crippen LogP contribution in [0, 0.1) is 5.82 Å². The molecule has 2 aromatic carbocycles. The van der Waals surface area contributed by atoms with Crippen LogP contribution in [0.1, 0.15) is 10.5 Å². The lowest BCUT2D eigenvalue weighted by atomic mass is 10.1. The van der Waals surface area contributed by atoms with Crippen molar-refractivity contribution < 1.29 is 9.18 Å². The van der Waals surface area contributed by atoms with Crippen molar-refractivity contribution in [3.8, 4) is 0 Å². The van der Waals surface area contributed by atoms with Gasteiger partial charge in [0, 0.05) is 16.8 Å². The highest BCUT2D eigenvalue weighted by molar-refractivity contribution is 6.05. The average Bonchev–Trinajstić information content (AvgIpc) is 2.47. The van der Waals surface area contributed by atoms with Gasteiger partial charge in [-0.15, -0.1) is 0 Å². The predicted octanol–water partition coefficient (Wildman–Crippen LogP) is 3.21. The van der Waals surface area contributed by atoms with Gasteiger partial charge in [-0.2, -0.15) is 0 Å². The number of nitrogens with two attached hydrogens (primary N) is 1. The number of nitrogens with one attached hydrogen (secondary N) is 1. The normalized spacial score (nSPS) is 10.5. The van der Waals surface area contributed by atoms with E-state index >= 15 is 0 Å². The van der Waals surface area contributed by atoms with Crippen LogP contribution in [0.2, 0.25) is 0 Å². The highest BCUT2D eigenvalue weighted by atomic mass is 19.1. The second-order valence-corrected chi connectivity index (χ2v) is 4.58. The van der Waals surface area contributed by atoms with E-state index in [1.165, 1.54) is 24.3 Å². The molecular weight excluding hydrogens is 269 g/mol. The van der Waals surface area contributed by atoms with Crippen molar-refractivity contribution in [1.82, 2.24) is 4.98 Å². The van der Waals surface area contributed by atoms with Gasteiger partial charge in [0.15, 0.2) is 0 Å². The first-order valence-corrected chi connectivity index (χ1v) is 6.36. The van der Waals surface area contributed by atoms with Gasteiger partial charge in [0.05, 0.1) is 5.52 Å². The van der Waals surface area contributed by atoms with Crippen molar-refractivity contribution in [3.05, 3.63) is 66.1 Å². The summed E-state index contributed by atoms with van der Waals surface area (Å²) in [6, 6.07) is 14.5. The molecule has 0 radical (unpaired) electrons. The molecule has 0 bridgehead atoms. The zero-order valence-electron chi connectivity index (χ0n) is 11.0. The summed E-state index contributed by atoms with van der Waals surface area (Å²) >= 11 is 0. The summed E-state index contributed by atoms with van der Waals surface area (Å²) in [4.78, 5) is 16.4. The number of hydrogen-bond donors (Lipinski definition) is 2. The molecular formula is C16H12FN3O. The fourth-order valence-corrected chi connectivity index (χ4v) is 2.08. The third-order valence-corrected chi connectivity index (χ3v) is 3.06. The molecule has 0 unspecified atom stereocenters. The van der Waals surface area contributed by atoms with E-state index in [0.29, 0.717) is 16.9 Å². The number of amides is 1. The molecule has 0 atom stereocenters. The quantitative estimate of drug-likeness (QED) is 0.758. The van der Waals surface area contributed by atoms with E-state index in [4.69, 9.17) is 5.73 Å². The molecule has 104 valence electrons. The molecule has 0 aliphatic rings. The van der Waals surface area contributed by atoms with E-state index in [1.54, 1.807) is 12.1 Å². The Labute approximate surface area is 120 Å². The van der Waals surface area contributed by atoms with Crippen molar-refractivity contribution in [2.24, 2.45) is 0 Å². The standard InChI is InChI=1S/C16H12FN3O/c17-10-4-3-5-11(8-10)19-16(21)15-9-13(18)12-6-1-2-7-14(12)20-15/h1-9H,(H2,18,20)(H,19,21). The van der Waals surface area contributed by atoms with E-state index in [-0.39, 0.29) is 5.69 Å². The monoisotopic (exact) mass is 281 g/mol. The number of pyridine rings is 1. The number of benzene rings is 2. The number of halogens is 1. The lowest BCUT2D eigenvalue weighted by Gasteiger charge is -2.07. The number of nitrogen functional groups attached to an aromatic ring is 1. The number of fused-ring (bicyclic) bond motifs is 1. The van der Waals surface area contributed by atoms with Crippen LogP contribution in [0.5, 0.6) is 0 Å². The van der Waals surface area contributed by atoms with Gasteiger partial charge in [-0.05, 0) is 30.3 Å². The van der Waals surface area contributed by atoms with Crippen LogP contribution in [-0.4, -0.2) is 10.9 Å². The minimum Gasteiger partial charge on any atom is -0.398 e. The van der Waals surface area contributed by atoms with E-state index in [9.17, 15) is 9.18 Å². The first-order valence-electron chi connectivity index (χ1n) is 6.36. The average molecular weight is 281 g/mol. The second kappa shape index (κ2) is 5.20. The summed E-state index contributed by atoms with van der Waals surface area (Å²) in [5, 5.41) is 3.39. The molecule has 4 nitrogen and oxygen atoms in total. The maximum atomic E-state index is 13.1. The molecule has 0 aliphatic heterocycles. The molecule has 0 spiro atoms. The van der Waals surface area contributed by atoms with Crippen molar-refractivity contribution in [2.75, 3.05) is 11.1 Å². The second-order valence-electron chi connectivity index (χ2n) is 4.58. The van der Waals surface area contributed by atoms with E-state index in [1.807, 2.05) is 18.2 Å². The maximum Gasteiger partial charge on any atom is 0.274 e. The smallest absolute Gasteiger partial charge is 0.274 e. The molecule has 5 heteroatoms. The summed E-state index contributed by atoms with van der Waals surface area (Å²) in [7, 11) is 0. The molecule has 3 N–H and O–H groups in total. The van der Waals surface area contributed by atoms with Gasteiger partial charge < -0.3 is 11.1 Å². The van der Waals surface area contributed by atoms with Crippen LogP contribution in [0.4, 0.5) is 15.8 Å². The highest BCUT2D eigenvalue weighted by Crippen LogP contribution is 2.20. The largest absolute Gasteiger partial charge is 0.398 e. The molecule has 0 saturated heterocycles. The van der Waals surface area contributed by atoms with Gasteiger partial charge in [0.1, 0.15) is 11.5 Å². The zero-order valence-corrected chi connectivity index (χ0v) is 11.0. The SMILES string of the molecule is Nc1cc(C(=O)Nc2cccc(F)c2)nc2ccccc12. The minimum absolute atomic E-state index is 0.190. The number of aromatic nitrogens is 1. The fourth-order valence-electron chi connectivity index (χ4n) is 2.08. The van der Waals surface area contributed by atoms with Crippen LogP contribution >= 0.6 is 0 Å². The highest BCUT2D eigenvalue weighted by Gasteiger charge is 2.11. The van der Waals surface area contributed by atoms with Gasteiger partial charge >= 0.3 is 0 Å². The number of nitrogens with zero attached hydrogens (tertiary/aromatic N) is 1. The third kappa shape index (κ3) is 2.67. The number of para-hydroxylation sites is 1. The summed E-state index contributed by atoms with van der Waals surface area (Å²) in [6.45, 7) is 0. The molecule has 1 amide bonds. The molecule has 0 saturated carbocycles. The Bertz CT molecular complexity index is 833. The van der Waals surface area contributed by atoms with Crippen molar-refractivity contribution in [1.29, 1.82) is 0 Å². The van der Waals surface area contributed by atoms with Crippen LogP contribution < -0.4 is 11.1 Å². The first kappa shape index (κ1) is 13.1. The third-order valence-electron chi connectivity index (χ3n) is 3.06. The van der Waals surface area contributed by atoms with Crippen molar-refractivity contribution in [2.45, 2.75) is 0 Å². The number of anilines is 2. The lowest BCUT2D eigenvalue weighted by Crippen LogP contribution is -2.14. The molecule has 0 fully saturated rings. The Morgan fingerprint density at radius 2 is 1.90 bits per heavy atom. The van der Waals surface area contributed by atoms with Gasteiger partial charge in [0.25, 0.3) is 5.91 Å². The lowest BCUT2D eigenvalue weighted by molar-refractivity contribution is 0.102. The molecule has 0 aliphatic carbocycles. The van der Waals surface area contributed by atoms with Crippen LogP contribution in [0.25, 0.3) is 10.9 Å². The number of hydrogen-bond acceptors (Lipinski definition) is 3. The molecule has 21 heavy (non-hydrogen) atoms. The Morgan fingerprint density at radius 1 is 1.10 bits per heavy atom.